The molecule has 0 aliphatic rings. The van der Waals surface area contributed by atoms with E-state index >= 15 is 0 Å². The van der Waals surface area contributed by atoms with Crippen LogP contribution in [-0.4, -0.2) is 14.9 Å². The number of hydrogen-bond donors (Lipinski definition) is 1. The van der Waals surface area contributed by atoms with E-state index in [1.54, 1.807) is 0 Å². The first-order chi connectivity index (χ1) is 7.02. The van der Waals surface area contributed by atoms with Gasteiger partial charge in [0.1, 0.15) is 5.69 Å². The average Bonchev–Trinajstić information content (AvgIpc) is 2.54. The molecule has 0 bridgehead atoms. The molecule has 0 saturated heterocycles. The van der Waals surface area contributed by atoms with Gasteiger partial charge in [0.05, 0.1) is 5.69 Å². The molecule has 1 rings (SSSR count). The molecule has 1 heterocycles. The van der Waals surface area contributed by atoms with Crippen LogP contribution in [-0.2, 0) is 6.42 Å². The average molecular weight is 210 g/mol. The third kappa shape index (κ3) is 2.16. The van der Waals surface area contributed by atoms with Gasteiger partial charge in [-0.1, -0.05) is 20.8 Å². The lowest BCUT2D eigenvalue weighted by atomic mass is 10.0. The number of hydrogen-bond acceptors (Lipinski definition) is 2. The molecule has 0 aliphatic carbocycles. The lowest BCUT2D eigenvalue weighted by molar-refractivity contribution is 0.450. The van der Waals surface area contributed by atoms with E-state index in [1.165, 1.54) is 0 Å². The maximum absolute atomic E-state index is 10.1. The molecule has 0 saturated carbocycles. The first-order valence-corrected chi connectivity index (χ1v) is 5.83. The van der Waals surface area contributed by atoms with Crippen LogP contribution < -0.4 is 0 Å². The van der Waals surface area contributed by atoms with Crippen LogP contribution in [0, 0.1) is 0 Å². The first kappa shape index (κ1) is 12.1. The molecule has 1 aromatic rings. The molecule has 1 aromatic heterocycles. The van der Waals surface area contributed by atoms with E-state index in [1.807, 2.05) is 4.68 Å². The third-order valence-corrected chi connectivity index (χ3v) is 2.91. The molecule has 0 spiro atoms. The molecule has 0 radical (unpaired) electrons. The summed E-state index contributed by atoms with van der Waals surface area (Å²) in [6.45, 7) is 10.4. The SMILES string of the molecule is CCc1c(O)c(C(C)CC)nn1C(C)C. The normalized spacial score (nSPS) is 13.5. The second-order valence-electron chi connectivity index (χ2n) is 4.38. The maximum Gasteiger partial charge on any atom is 0.160 e. The highest BCUT2D eigenvalue weighted by molar-refractivity contribution is 5.34. The van der Waals surface area contributed by atoms with Gasteiger partial charge in [-0.05, 0) is 26.7 Å². The molecule has 0 aliphatic heterocycles. The van der Waals surface area contributed by atoms with Crippen LogP contribution in [0.25, 0.3) is 0 Å². The van der Waals surface area contributed by atoms with Crippen molar-refractivity contribution in [1.82, 2.24) is 9.78 Å². The van der Waals surface area contributed by atoms with E-state index < -0.39 is 0 Å². The van der Waals surface area contributed by atoms with Crippen LogP contribution in [0.1, 0.15) is 64.4 Å². The Morgan fingerprint density at radius 3 is 2.20 bits per heavy atom. The smallest absolute Gasteiger partial charge is 0.160 e. The van der Waals surface area contributed by atoms with E-state index in [9.17, 15) is 5.11 Å². The largest absolute Gasteiger partial charge is 0.504 e. The van der Waals surface area contributed by atoms with Crippen molar-refractivity contribution in [3.8, 4) is 5.75 Å². The minimum Gasteiger partial charge on any atom is -0.504 e. The predicted octanol–water partition coefficient (Wildman–Crippen LogP) is 3.25. The van der Waals surface area contributed by atoms with Gasteiger partial charge in [0, 0.05) is 12.0 Å². The standard InChI is InChI=1S/C12H22N2O/c1-6-9(5)11-12(15)10(7-2)14(13-11)8(3)4/h8-9,15H,6-7H2,1-5H3. The van der Waals surface area contributed by atoms with E-state index in [4.69, 9.17) is 0 Å². The monoisotopic (exact) mass is 210 g/mol. The zero-order chi connectivity index (χ0) is 11.6. The highest BCUT2D eigenvalue weighted by Crippen LogP contribution is 2.31. The molecular formula is C12H22N2O. The lowest BCUT2D eigenvalue weighted by Crippen LogP contribution is -2.07. The summed E-state index contributed by atoms with van der Waals surface area (Å²) in [4.78, 5) is 0. The molecule has 0 aromatic carbocycles. The Bertz CT molecular complexity index is 329. The van der Waals surface area contributed by atoms with Crippen molar-refractivity contribution in [1.29, 1.82) is 0 Å². The molecular weight excluding hydrogens is 188 g/mol. The minimum absolute atomic E-state index is 0.309. The predicted molar refractivity (Wildman–Crippen MR) is 62.4 cm³/mol. The molecule has 1 N–H and O–H groups in total. The summed E-state index contributed by atoms with van der Waals surface area (Å²) in [5.41, 5.74) is 1.81. The number of nitrogens with zero attached hydrogens (tertiary/aromatic N) is 2. The van der Waals surface area contributed by atoms with E-state index in [0.29, 0.717) is 17.7 Å². The number of rotatable bonds is 4. The summed E-state index contributed by atoms with van der Waals surface area (Å²) < 4.78 is 1.94. The summed E-state index contributed by atoms with van der Waals surface area (Å²) in [5, 5.41) is 14.6. The first-order valence-electron chi connectivity index (χ1n) is 5.83. The van der Waals surface area contributed by atoms with Crippen molar-refractivity contribution in [3.05, 3.63) is 11.4 Å². The van der Waals surface area contributed by atoms with Gasteiger partial charge in [-0.15, -0.1) is 0 Å². The zero-order valence-corrected chi connectivity index (χ0v) is 10.4. The van der Waals surface area contributed by atoms with Crippen LogP contribution in [0.4, 0.5) is 0 Å². The van der Waals surface area contributed by atoms with Gasteiger partial charge in [0.2, 0.25) is 0 Å². The molecule has 1 atom stereocenters. The van der Waals surface area contributed by atoms with Crippen molar-refractivity contribution in [3.63, 3.8) is 0 Å². The van der Waals surface area contributed by atoms with E-state index in [-0.39, 0.29) is 0 Å². The van der Waals surface area contributed by atoms with Crippen LogP contribution in [0.2, 0.25) is 0 Å². The number of aromatic nitrogens is 2. The summed E-state index contributed by atoms with van der Waals surface area (Å²) in [6.07, 6.45) is 1.83. The Labute approximate surface area is 92.1 Å². The number of aromatic hydroxyl groups is 1. The summed E-state index contributed by atoms with van der Waals surface area (Å²) in [5.74, 6) is 0.732. The fourth-order valence-electron chi connectivity index (χ4n) is 1.76. The minimum atomic E-state index is 0.309. The summed E-state index contributed by atoms with van der Waals surface area (Å²) >= 11 is 0. The van der Waals surface area contributed by atoms with E-state index in [2.05, 4.69) is 39.7 Å². The van der Waals surface area contributed by atoms with Gasteiger partial charge in [0.15, 0.2) is 5.75 Å². The van der Waals surface area contributed by atoms with Crippen molar-refractivity contribution < 1.29 is 5.11 Å². The highest BCUT2D eigenvalue weighted by atomic mass is 16.3. The lowest BCUT2D eigenvalue weighted by Gasteiger charge is -2.08. The topological polar surface area (TPSA) is 38.1 Å². The van der Waals surface area contributed by atoms with Crippen molar-refractivity contribution >= 4 is 0 Å². The van der Waals surface area contributed by atoms with Crippen LogP contribution in [0.3, 0.4) is 0 Å². The quantitative estimate of drug-likeness (QED) is 0.828. The van der Waals surface area contributed by atoms with Crippen LogP contribution in [0.5, 0.6) is 5.75 Å². The summed E-state index contributed by atoms with van der Waals surface area (Å²) in [6, 6.07) is 0.309. The third-order valence-electron chi connectivity index (χ3n) is 2.91. The molecule has 3 nitrogen and oxygen atoms in total. The molecule has 0 fully saturated rings. The Kier molecular flexibility index (Phi) is 3.77. The van der Waals surface area contributed by atoms with Gasteiger partial charge < -0.3 is 5.11 Å². The zero-order valence-electron chi connectivity index (χ0n) is 10.4. The Morgan fingerprint density at radius 2 is 1.87 bits per heavy atom. The molecule has 15 heavy (non-hydrogen) atoms. The van der Waals surface area contributed by atoms with Crippen molar-refractivity contribution in [2.75, 3.05) is 0 Å². The highest BCUT2D eigenvalue weighted by Gasteiger charge is 2.20. The van der Waals surface area contributed by atoms with Crippen molar-refractivity contribution in [2.45, 2.75) is 59.4 Å². The fraction of sp³-hybridized carbons (Fsp3) is 0.750. The second kappa shape index (κ2) is 4.69. The van der Waals surface area contributed by atoms with Gasteiger partial charge in [0.25, 0.3) is 0 Å². The van der Waals surface area contributed by atoms with Gasteiger partial charge >= 0.3 is 0 Å². The maximum atomic E-state index is 10.1. The van der Waals surface area contributed by atoms with Crippen LogP contribution in [0.15, 0.2) is 0 Å². The van der Waals surface area contributed by atoms with Gasteiger partial charge in [-0.3, -0.25) is 4.68 Å². The fourth-order valence-corrected chi connectivity index (χ4v) is 1.76. The van der Waals surface area contributed by atoms with Gasteiger partial charge in [-0.25, -0.2) is 0 Å². The Hall–Kier alpha value is -0.990. The second-order valence-corrected chi connectivity index (χ2v) is 4.38. The molecule has 86 valence electrons. The van der Waals surface area contributed by atoms with E-state index in [0.717, 1.165) is 24.2 Å². The Balaban J connectivity index is 3.20. The molecule has 1 unspecified atom stereocenters. The van der Waals surface area contributed by atoms with Crippen molar-refractivity contribution in [2.24, 2.45) is 0 Å². The molecule has 3 heteroatoms. The Morgan fingerprint density at radius 1 is 1.27 bits per heavy atom. The summed E-state index contributed by atoms with van der Waals surface area (Å²) in [7, 11) is 0. The molecule has 0 amide bonds. The van der Waals surface area contributed by atoms with Gasteiger partial charge in [-0.2, -0.15) is 5.10 Å². The van der Waals surface area contributed by atoms with Crippen LogP contribution >= 0.6 is 0 Å².